The highest BCUT2D eigenvalue weighted by atomic mass is 32.1. The Morgan fingerprint density at radius 1 is 1.69 bits per heavy atom. The number of nitrogens with zero attached hydrogens (tertiary/aromatic N) is 2. The Balaban J connectivity index is 2.50. The van der Waals surface area contributed by atoms with Crippen molar-refractivity contribution >= 4 is 17.3 Å². The Bertz CT molecular complexity index is 301. The Hall–Kier alpha value is -1.27. The fourth-order valence-electron chi connectivity index (χ4n) is 0.825. The van der Waals surface area contributed by atoms with Gasteiger partial charge < -0.3 is 10.7 Å². The fraction of sp³-hybridized carbons (Fsp3) is 0.286. The molecule has 0 unspecified atom stereocenters. The third-order valence-corrected chi connectivity index (χ3v) is 1.66. The number of rotatable bonds is 2. The molecule has 13 heavy (non-hydrogen) atoms. The van der Waals surface area contributed by atoms with Gasteiger partial charge >= 0.3 is 0 Å². The topological polar surface area (TPSA) is 75.9 Å². The molecule has 70 valence electrons. The van der Waals surface area contributed by atoms with Crippen LogP contribution in [0, 0.1) is 6.92 Å². The van der Waals surface area contributed by atoms with Crippen LogP contribution in [-0.2, 0) is 6.54 Å². The molecule has 0 aliphatic heterocycles. The number of aryl methyl sites for hydroxylation is 1. The first-order valence-electron chi connectivity index (χ1n) is 3.75. The van der Waals surface area contributed by atoms with Gasteiger partial charge in [-0.1, -0.05) is 0 Å². The Morgan fingerprint density at radius 3 is 3.08 bits per heavy atom. The molecule has 0 fully saturated rings. The van der Waals surface area contributed by atoms with E-state index in [-0.39, 0.29) is 0 Å². The first-order valence-corrected chi connectivity index (χ1v) is 4.16. The van der Waals surface area contributed by atoms with E-state index >= 15 is 0 Å². The van der Waals surface area contributed by atoms with Crippen LogP contribution in [0.1, 0.15) is 11.5 Å². The molecule has 1 rings (SSSR count). The minimum Gasteiger partial charge on any atom is -0.356 e. The van der Waals surface area contributed by atoms with Crippen LogP contribution < -0.4 is 16.6 Å². The number of nitrogens with one attached hydrogen (secondary N) is 2. The van der Waals surface area contributed by atoms with Gasteiger partial charge in [-0.2, -0.15) is 0 Å². The van der Waals surface area contributed by atoms with Gasteiger partial charge in [0.15, 0.2) is 5.11 Å². The van der Waals surface area contributed by atoms with Crippen molar-refractivity contribution in [2.24, 2.45) is 5.84 Å². The molecule has 0 saturated carbocycles. The standard InChI is InChI=1S/C7H11N5S/c1-5-9-3-2-6(11-5)4-10-7(13)12-8/h2-3H,4,8H2,1H3,(H2,10,12,13). The van der Waals surface area contributed by atoms with Gasteiger partial charge in [0.1, 0.15) is 5.82 Å². The van der Waals surface area contributed by atoms with E-state index < -0.39 is 0 Å². The Kier molecular flexibility index (Phi) is 3.53. The molecule has 4 N–H and O–H groups in total. The lowest BCUT2D eigenvalue weighted by Crippen LogP contribution is -2.39. The molecular formula is C7H11N5S. The summed E-state index contributed by atoms with van der Waals surface area (Å²) in [5.74, 6) is 5.82. The van der Waals surface area contributed by atoms with Gasteiger partial charge in [-0.3, -0.25) is 0 Å². The summed E-state index contributed by atoms with van der Waals surface area (Å²) in [5.41, 5.74) is 3.21. The second-order valence-corrected chi connectivity index (χ2v) is 2.83. The number of hydrogen-bond donors (Lipinski definition) is 3. The van der Waals surface area contributed by atoms with E-state index in [1.165, 1.54) is 0 Å². The molecule has 1 heterocycles. The number of nitrogens with two attached hydrogens (primary N) is 1. The number of thiocarbonyl (C=S) groups is 1. The lowest BCUT2D eigenvalue weighted by Gasteiger charge is -2.05. The molecule has 5 nitrogen and oxygen atoms in total. The first-order chi connectivity index (χ1) is 6.22. The van der Waals surface area contributed by atoms with E-state index in [9.17, 15) is 0 Å². The van der Waals surface area contributed by atoms with Crippen molar-refractivity contribution in [3.8, 4) is 0 Å². The van der Waals surface area contributed by atoms with Crippen molar-refractivity contribution in [1.29, 1.82) is 0 Å². The zero-order chi connectivity index (χ0) is 9.68. The molecule has 1 aromatic heterocycles. The summed E-state index contributed by atoms with van der Waals surface area (Å²) in [4.78, 5) is 8.15. The van der Waals surface area contributed by atoms with Crippen LogP contribution in [0.3, 0.4) is 0 Å². The smallest absolute Gasteiger partial charge is 0.180 e. The molecule has 6 heteroatoms. The average molecular weight is 197 g/mol. The van der Waals surface area contributed by atoms with Crippen molar-refractivity contribution in [2.45, 2.75) is 13.5 Å². The quantitative estimate of drug-likeness (QED) is 0.341. The summed E-state index contributed by atoms with van der Waals surface area (Å²) in [6, 6.07) is 1.82. The lowest BCUT2D eigenvalue weighted by atomic mass is 10.4. The van der Waals surface area contributed by atoms with Gasteiger partial charge in [-0.05, 0) is 25.2 Å². The molecule has 0 amide bonds. The molecule has 0 aliphatic carbocycles. The second-order valence-electron chi connectivity index (χ2n) is 2.42. The third kappa shape index (κ3) is 3.30. The maximum atomic E-state index is 5.08. The largest absolute Gasteiger partial charge is 0.356 e. The summed E-state index contributed by atoms with van der Waals surface area (Å²) in [6.45, 7) is 2.38. The van der Waals surface area contributed by atoms with Crippen molar-refractivity contribution in [1.82, 2.24) is 20.7 Å². The van der Waals surface area contributed by atoms with Crippen molar-refractivity contribution in [2.75, 3.05) is 0 Å². The summed E-state index contributed by atoms with van der Waals surface area (Å²) in [5, 5.41) is 3.28. The molecule has 0 saturated heterocycles. The SMILES string of the molecule is Cc1nccc(CNC(=S)NN)n1. The Morgan fingerprint density at radius 2 is 2.46 bits per heavy atom. The maximum absolute atomic E-state index is 5.08. The summed E-state index contributed by atoms with van der Waals surface area (Å²) >= 11 is 4.80. The molecular weight excluding hydrogens is 186 g/mol. The number of hydrazine groups is 1. The molecule has 0 spiro atoms. The van der Waals surface area contributed by atoms with Crippen LogP contribution in [0.25, 0.3) is 0 Å². The van der Waals surface area contributed by atoms with Crippen LogP contribution in [0.5, 0.6) is 0 Å². The van der Waals surface area contributed by atoms with E-state index in [0.29, 0.717) is 11.7 Å². The number of hydrogen-bond acceptors (Lipinski definition) is 4. The van der Waals surface area contributed by atoms with Gasteiger partial charge in [0.2, 0.25) is 0 Å². The van der Waals surface area contributed by atoms with E-state index in [1.54, 1.807) is 6.20 Å². The molecule has 0 bridgehead atoms. The Labute approximate surface area is 81.7 Å². The van der Waals surface area contributed by atoms with Crippen molar-refractivity contribution in [3.05, 3.63) is 23.8 Å². The van der Waals surface area contributed by atoms with Crippen LogP contribution in [0.15, 0.2) is 12.3 Å². The van der Waals surface area contributed by atoms with Gasteiger partial charge in [0, 0.05) is 6.20 Å². The summed E-state index contributed by atoms with van der Waals surface area (Å²) < 4.78 is 0. The highest BCUT2D eigenvalue weighted by Crippen LogP contribution is 1.93. The van der Waals surface area contributed by atoms with Crippen molar-refractivity contribution < 1.29 is 0 Å². The highest BCUT2D eigenvalue weighted by Gasteiger charge is 1.96. The fourth-order valence-corrected chi connectivity index (χ4v) is 0.898. The van der Waals surface area contributed by atoms with Crippen LogP contribution in [0.4, 0.5) is 0 Å². The number of aromatic nitrogens is 2. The monoisotopic (exact) mass is 197 g/mol. The lowest BCUT2D eigenvalue weighted by molar-refractivity contribution is 0.823. The van der Waals surface area contributed by atoms with E-state index in [1.807, 2.05) is 13.0 Å². The molecule has 0 radical (unpaired) electrons. The van der Waals surface area contributed by atoms with Gasteiger partial charge in [0.25, 0.3) is 0 Å². The van der Waals surface area contributed by atoms with E-state index in [2.05, 4.69) is 20.7 Å². The van der Waals surface area contributed by atoms with Gasteiger partial charge in [-0.25, -0.2) is 15.8 Å². The zero-order valence-electron chi connectivity index (χ0n) is 7.24. The average Bonchev–Trinajstić information content (AvgIpc) is 2.14. The molecule has 0 aliphatic rings. The zero-order valence-corrected chi connectivity index (χ0v) is 8.06. The van der Waals surface area contributed by atoms with Gasteiger partial charge in [-0.15, -0.1) is 0 Å². The third-order valence-electron chi connectivity index (χ3n) is 1.39. The van der Waals surface area contributed by atoms with Gasteiger partial charge in [0.05, 0.1) is 12.2 Å². The second kappa shape index (κ2) is 4.68. The molecule has 0 atom stereocenters. The minimum atomic E-state index is 0.399. The van der Waals surface area contributed by atoms with Crippen molar-refractivity contribution in [3.63, 3.8) is 0 Å². The van der Waals surface area contributed by atoms with Crippen LogP contribution >= 0.6 is 12.2 Å². The van der Waals surface area contributed by atoms with E-state index in [0.717, 1.165) is 11.5 Å². The normalized spacial score (nSPS) is 9.38. The predicted octanol–water partition coefficient (Wildman–Crippen LogP) is -0.377. The predicted molar refractivity (Wildman–Crippen MR) is 53.5 cm³/mol. The highest BCUT2D eigenvalue weighted by molar-refractivity contribution is 7.80. The maximum Gasteiger partial charge on any atom is 0.180 e. The molecule has 0 aromatic carbocycles. The molecule has 1 aromatic rings. The van der Waals surface area contributed by atoms with Crippen LogP contribution in [0.2, 0.25) is 0 Å². The first kappa shape index (κ1) is 9.82. The summed E-state index contributed by atoms with van der Waals surface area (Å²) in [7, 11) is 0. The van der Waals surface area contributed by atoms with Crippen LogP contribution in [-0.4, -0.2) is 15.1 Å². The summed E-state index contributed by atoms with van der Waals surface area (Å²) in [6.07, 6.45) is 1.71. The minimum absolute atomic E-state index is 0.399. The van der Waals surface area contributed by atoms with E-state index in [4.69, 9.17) is 18.1 Å².